The molecule has 0 N–H and O–H groups in total. The summed E-state index contributed by atoms with van der Waals surface area (Å²) >= 11 is 0. The Balaban J connectivity index is 0. The lowest BCUT2D eigenvalue weighted by Crippen LogP contribution is -2.41. The van der Waals surface area contributed by atoms with E-state index in [1.807, 2.05) is 0 Å². The van der Waals surface area contributed by atoms with Gasteiger partial charge in [0.25, 0.3) is 0 Å². The summed E-state index contributed by atoms with van der Waals surface area (Å²) in [6.07, 6.45) is 24.7. The topological polar surface area (TPSA) is 114 Å². The molecule has 0 fully saturated rings. The molecule has 0 heterocycles. The van der Waals surface area contributed by atoms with Crippen LogP contribution in [0.2, 0.25) is 0 Å². The molecular weight excluding hydrogens is 572 g/mol. The SMILES string of the molecule is CCCCCCCCCCCC[N+](C)(C)CCCS(=O)(=O)[O-].CCCCCCCCCC[N+](C)(C)CCCS(=O)(=O)[O-]. The first-order valence-corrected chi connectivity index (χ1v) is 20.2. The van der Waals surface area contributed by atoms with Gasteiger partial charge in [-0.25, -0.2) is 16.8 Å². The Hall–Kier alpha value is -0.260. The Labute approximate surface area is 262 Å². The Bertz CT molecular complexity index is 815. The zero-order valence-corrected chi connectivity index (χ0v) is 30.2. The maximum absolute atomic E-state index is 10.6. The van der Waals surface area contributed by atoms with Gasteiger partial charge in [0.15, 0.2) is 0 Å². The van der Waals surface area contributed by atoms with Crippen LogP contribution in [0.4, 0.5) is 0 Å². The van der Waals surface area contributed by atoms with Crippen LogP contribution >= 0.6 is 0 Å². The average Bonchev–Trinajstić information content (AvgIpc) is 2.85. The summed E-state index contributed by atoms with van der Waals surface area (Å²) in [5.41, 5.74) is 0. The van der Waals surface area contributed by atoms with Crippen LogP contribution in [0.1, 0.15) is 142 Å². The third-order valence-electron chi connectivity index (χ3n) is 8.05. The predicted molar refractivity (Wildman–Crippen MR) is 177 cm³/mol. The number of hydrogen-bond donors (Lipinski definition) is 0. The quantitative estimate of drug-likeness (QED) is 0.0513. The van der Waals surface area contributed by atoms with Gasteiger partial charge in [-0.15, -0.1) is 0 Å². The van der Waals surface area contributed by atoms with Crippen LogP contribution in [0.5, 0.6) is 0 Å². The number of quaternary nitrogens is 2. The van der Waals surface area contributed by atoms with Crippen molar-refractivity contribution in [3.05, 3.63) is 0 Å². The van der Waals surface area contributed by atoms with Crippen molar-refractivity contribution in [1.29, 1.82) is 0 Å². The van der Waals surface area contributed by atoms with Crippen LogP contribution in [-0.2, 0) is 20.2 Å². The molecule has 0 saturated heterocycles. The number of rotatable bonds is 28. The highest BCUT2D eigenvalue weighted by atomic mass is 32.2. The Kier molecular flexibility index (Phi) is 27.2. The monoisotopic (exact) mass is 642 g/mol. The van der Waals surface area contributed by atoms with Crippen LogP contribution in [0.15, 0.2) is 0 Å². The third kappa shape index (κ3) is 37.8. The van der Waals surface area contributed by atoms with Crippen LogP contribution in [0, 0.1) is 0 Å². The molecule has 0 aliphatic carbocycles. The van der Waals surface area contributed by atoms with Gasteiger partial charge < -0.3 is 18.1 Å². The van der Waals surface area contributed by atoms with Crippen LogP contribution < -0.4 is 0 Å². The third-order valence-corrected chi connectivity index (χ3v) is 9.63. The number of unbranched alkanes of at least 4 members (excludes halogenated alkanes) is 16. The van der Waals surface area contributed by atoms with Crippen molar-refractivity contribution in [3.8, 4) is 0 Å². The predicted octanol–water partition coefficient (Wildman–Crippen LogP) is 7.06. The molecule has 8 nitrogen and oxygen atoms in total. The first-order chi connectivity index (χ1) is 19.5. The average molecular weight is 643 g/mol. The van der Waals surface area contributed by atoms with E-state index in [1.165, 1.54) is 116 Å². The van der Waals surface area contributed by atoms with E-state index in [4.69, 9.17) is 0 Å². The highest BCUT2D eigenvalue weighted by molar-refractivity contribution is 7.85. The normalized spacial score (nSPS) is 12.8. The van der Waals surface area contributed by atoms with Gasteiger partial charge >= 0.3 is 0 Å². The molecule has 0 atom stereocenters. The number of hydrogen-bond acceptors (Lipinski definition) is 6. The van der Waals surface area contributed by atoms with Crippen molar-refractivity contribution < 1.29 is 34.9 Å². The minimum atomic E-state index is -4.05. The van der Waals surface area contributed by atoms with Crippen LogP contribution in [-0.4, -0.2) is 101 Å². The van der Waals surface area contributed by atoms with Crippen molar-refractivity contribution >= 4 is 20.2 Å². The summed E-state index contributed by atoms with van der Waals surface area (Å²) in [6, 6.07) is 0. The van der Waals surface area contributed by atoms with Gasteiger partial charge in [-0.1, -0.05) is 104 Å². The zero-order chi connectivity index (χ0) is 32.4. The Morgan fingerprint density at radius 1 is 0.381 bits per heavy atom. The van der Waals surface area contributed by atoms with E-state index in [-0.39, 0.29) is 11.5 Å². The summed E-state index contributed by atoms with van der Waals surface area (Å²) in [6.45, 7) is 8.14. The maximum atomic E-state index is 10.6. The molecule has 10 heteroatoms. The van der Waals surface area contributed by atoms with E-state index in [0.717, 1.165) is 35.1 Å². The molecule has 0 unspecified atom stereocenters. The molecule has 0 rings (SSSR count). The zero-order valence-electron chi connectivity index (χ0n) is 28.5. The van der Waals surface area contributed by atoms with Gasteiger partial charge in [0.2, 0.25) is 0 Å². The first kappa shape index (κ1) is 43.9. The second kappa shape index (κ2) is 26.0. The maximum Gasteiger partial charge on any atom is 0.0948 e. The summed E-state index contributed by atoms with van der Waals surface area (Å²) in [7, 11) is 0.355. The molecule has 256 valence electrons. The molecule has 0 aromatic carbocycles. The molecule has 0 aromatic rings. The van der Waals surface area contributed by atoms with Gasteiger partial charge in [0.1, 0.15) is 0 Å². The van der Waals surface area contributed by atoms with Crippen LogP contribution in [0.25, 0.3) is 0 Å². The molecular formula is C32H70N2O6S2. The van der Waals surface area contributed by atoms with Crippen LogP contribution in [0.3, 0.4) is 0 Å². The summed E-state index contributed by atoms with van der Waals surface area (Å²) in [4.78, 5) is 0. The molecule has 0 aromatic heterocycles. The van der Waals surface area contributed by atoms with Crippen molar-refractivity contribution in [1.82, 2.24) is 0 Å². The fraction of sp³-hybridized carbons (Fsp3) is 1.00. The lowest BCUT2D eigenvalue weighted by molar-refractivity contribution is -0.890. The molecule has 0 amide bonds. The second-order valence-electron chi connectivity index (χ2n) is 13.7. The molecule has 0 radical (unpaired) electrons. The van der Waals surface area contributed by atoms with Gasteiger partial charge in [-0.3, -0.25) is 0 Å². The van der Waals surface area contributed by atoms with E-state index in [2.05, 4.69) is 42.0 Å². The van der Waals surface area contributed by atoms with Gasteiger partial charge in [-0.05, 0) is 25.7 Å². The highest BCUT2D eigenvalue weighted by Crippen LogP contribution is 2.13. The molecule has 0 aliphatic heterocycles. The highest BCUT2D eigenvalue weighted by Gasteiger charge is 2.15. The minimum absolute atomic E-state index is 0.229. The van der Waals surface area contributed by atoms with Crippen molar-refractivity contribution in [3.63, 3.8) is 0 Å². The van der Waals surface area contributed by atoms with Crippen molar-refractivity contribution in [2.45, 2.75) is 142 Å². The fourth-order valence-electron chi connectivity index (χ4n) is 5.26. The van der Waals surface area contributed by atoms with E-state index >= 15 is 0 Å². The number of nitrogens with zero attached hydrogens (tertiary/aromatic N) is 2. The second-order valence-corrected chi connectivity index (χ2v) is 16.7. The summed E-state index contributed by atoms with van der Waals surface area (Å²) in [5, 5.41) is 0. The van der Waals surface area contributed by atoms with Gasteiger partial charge in [0, 0.05) is 24.3 Å². The van der Waals surface area contributed by atoms with Crippen molar-refractivity contribution in [2.24, 2.45) is 0 Å². The summed E-state index contributed by atoms with van der Waals surface area (Å²) in [5.74, 6) is -0.460. The molecule has 0 spiro atoms. The first-order valence-electron chi connectivity index (χ1n) is 17.0. The summed E-state index contributed by atoms with van der Waals surface area (Å²) < 4.78 is 65.1. The molecule has 0 bridgehead atoms. The lowest BCUT2D eigenvalue weighted by atomic mass is 10.1. The van der Waals surface area contributed by atoms with E-state index < -0.39 is 20.2 Å². The van der Waals surface area contributed by atoms with Gasteiger partial charge in [-0.2, -0.15) is 0 Å². The standard InChI is InChI=1S/C17H37NO3S.C15H33NO3S/c1-4-5-6-7-8-9-10-11-12-13-15-18(2,3)16-14-17-22(19,20)21;1-4-5-6-7-8-9-10-11-13-16(2,3)14-12-15-20(17,18)19/h4-17H2,1-3H3;4-15H2,1-3H3. The lowest BCUT2D eigenvalue weighted by Gasteiger charge is -2.30. The van der Waals surface area contributed by atoms with E-state index in [1.54, 1.807) is 0 Å². The van der Waals surface area contributed by atoms with Gasteiger partial charge in [0.05, 0.1) is 74.6 Å². The van der Waals surface area contributed by atoms with E-state index in [9.17, 15) is 25.9 Å². The smallest absolute Gasteiger partial charge is 0.0948 e. The molecule has 0 aliphatic rings. The molecule has 42 heavy (non-hydrogen) atoms. The van der Waals surface area contributed by atoms with E-state index in [0.29, 0.717) is 12.8 Å². The Morgan fingerprint density at radius 3 is 0.833 bits per heavy atom. The Morgan fingerprint density at radius 2 is 0.595 bits per heavy atom. The fourth-order valence-corrected chi connectivity index (χ4v) is 6.23. The van der Waals surface area contributed by atoms with Crippen molar-refractivity contribution in [2.75, 3.05) is 65.9 Å². The molecule has 0 saturated carbocycles. The largest absolute Gasteiger partial charge is 0.748 e. The minimum Gasteiger partial charge on any atom is -0.748 e.